The average Bonchev–Trinajstić information content (AvgIpc) is 2.94. The van der Waals surface area contributed by atoms with Gasteiger partial charge >= 0.3 is 184 Å². The van der Waals surface area contributed by atoms with E-state index in [2.05, 4.69) is 146 Å². The zero-order valence-electron chi connectivity index (χ0n) is 14.5. The van der Waals surface area contributed by atoms with E-state index >= 15 is 0 Å². The summed E-state index contributed by atoms with van der Waals surface area (Å²) in [6, 6.07) is 30.9. The van der Waals surface area contributed by atoms with Crippen molar-refractivity contribution >= 4 is 71.5 Å². The first-order chi connectivity index (χ1) is 12.6. The number of rotatable bonds is 4. The molecule has 0 amide bonds. The SMILES string of the molecule is CN1c2ccccc2N(C[PH](I)(c2ccccc2)c2ccccc2)C1I. The Morgan fingerprint density at radius 1 is 0.769 bits per heavy atom. The van der Waals surface area contributed by atoms with Gasteiger partial charge in [-0.05, 0) is 0 Å². The summed E-state index contributed by atoms with van der Waals surface area (Å²) in [5.41, 5.74) is 2.66. The molecule has 0 radical (unpaired) electrons. The maximum absolute atomic E-state index is 2.79. The van der Waals surface area contributed by atoms with Crippen LogP contribution in [0.2, 0.25) is 0 Å². The number of hydrogen-bond donors (Lipinski definition) is 0. The van der Waals surface area contributed by atoms with Crippen molar-refractivity contribution in [3.8, 4) is 0 Å². The van der Waals surface area contributed by atoms with Gasteiger partial charge in [0.25, 0.3) is 0 Å². The van der Waals surface area contributed by atoms with E-state index in [-0.39, 0.29) is 0 Å². The van der Waals surface area contributed by atoms with Crippen LogP contribution in [-0.4, -0.2) is 17.5 Å². The molecule has 5 heteroatoms. The Balaban J connectivity index is 1.80. The van der Waals surface area contributed by atoms with Crippen molar-refractivity contribution in [3.05, 3.63) is 84.9 Å². The Bertz CT molecular complexity index is 849. The fraction of sp³-hybridized carbons (Fsp3) is 0.143. The van der Waals surface area contributed by atoms with Crippen LogP contribution in [0.4, 0.5) is 11.4 Å². The molecule has 0 bridgehead atoms. The van der Waals surface area contributed by atoms with Gasteiger partial charge in [-0.25, -0.2) is 0 Å². The van der Waals surface area contributed by atoms with Crippen molar-refractivity contribution in [2.24, 2.45) is 0 Å². The number of hydrogen-bond acceptors (Lipinski definition) is 2. The molecule has 2 nitrogen and oxygen atoms in total. The quantitative estimate of drug-likeness (QED) is 0.176. The number of halogens is 2. The van der Waals surface area contributed by atoms with E-state index in [1.54, 1.807) is 0 Å². The van der Waals surface area contributed by atoms with Gasteiger partial charge in [0.15, 0.2) is 0 Å². The number of alkyl halides is 1. The monoisotopic (exact) mass is 586 g/mol. The summed E-state index contributed by atoms with van der Waals surface area (Å²) >= 11 is 5.35. The molecule has 0 saturated heterocycles. The Morgan fingerprint density at radius 2 is 1.23 bits per heavy atom. The van der Waals surface area contributed by atoms with Crippen molar-refractivity contribution in [1.82, 2.24) is 0 Å². The van der Waals surface area contributed by atoms with Gasteiger partial charge < -0.3 is 0 Å². The Morgan fingerprint density at radius 3 is 1.77 bits per heavy atom. The first-order valence-corrected chi connectivity index (χ1v) is 15.2. The van der Waals surface area contributed by atoms with Gasteiger partial charge in [0.05, 0.1) is 0 Å². The van der Waals surface area contributed by atoms with E-state index < -0.39 is 4.90 Å². The molecule has 0 spiro atoms. The van der Waals surface area contributed by atoms with Crippen molar-refractivity contribution < 1.29 is 0 Å². The van der Waals surface area contributed by atoms with Gasteiger partial charge in [0.1, 0.15) is 0 Å². The van der Waals surface area contributed by atoms with Gasteiger partial charge in [-0.3, -0.25) is 0 Å². The Hall–Kier alpha value is -0.850. The topological polar surface area (TPSA) is 6.48 Å². The molecular weight excluding hydrogens is 565 g/mol. The van der Waals surface area contributed by atoms with Crippen LogP contribution in [0.5, 0.6) is 0 Å². The second-order valence-electron chi connectivity index (χ2n) is 6.57. The van der Waals surface area contributed by atoms with Crippen LogP contribution in [-0.2, 0) is 0 Å². The molecule has 0 N–H and O–H groups in total. The number of nitrogens with zero attached hydrogens (tertiary/aromatic N) is 2. The van der Waals surface area contributed by atoms with E-state index in [1.165, 1.54) is 22.0 Å². The predicted molar refractivity (Wildman–Crippen MR) is 134 cm³/mol. The predicted octanol–water partition coefficient (Wildman–Crippen LogP) is 5.37. The molecule has 0 aliphatic carbocycles. The summed E-state index contributed by atoms with van der Waals surface area (Å²) in [5, 5.41) is 2.95. The molecule has 3 aromatic rings. The Kier molecular flexibility index (Phi) is 5.44. The first kappa shape index (κ1) is 18.5. The van der Waals surface area contributed by atoms with Gasteiger partial charge in [0.2, 0.25) is 0 Å². The maximum atomic E-state index is 2.79. The van der Waals surface area contributed by atoms with Crippen molar-refractivity contribution in [2.75, 3.05) is 23.1 Å². The third-order valence-corrected chi connectivity index (χ3v) is 14.5. The molecule has 4 rings (SSSR count). The fourth-order valence-electron chi connectivity index (χ4n) is 3.59. The zero-order chi connectivity index (χ0) is 18.1. The molecule has 3 aromatic carbocycles. The molecule has 1 heterocycles. The number of anilines is 2. The first-order valence-electron chi connectivity index (χ1n) is 8.64. The third kappa shape index (κ3) is 3.25. The van der Waals surface area contributed by atoms with Crippen LogP contribution in [0, 0.1) is 0 Å². The normalized spacial score (nSPS) is 17.3. The molecule has 0 aromatic heterocycles. The van der Waals surface area contributed by atoms with Crippen LogP contribution in [0.3, 0.4) is 0 Å². The molecule has 1 unspecified atom stereocenters. The third-order valence-electron chi connectivity index (χ3n) is 5.00. The standard InChI is InChI=1S/C21H21I2N2P/c1-24-19-14-8-9-15-20(19)25(21(24)22)16-26(23,17-10-4-2-5-11-17)18-12-6-3-7-13-18/h2-15,21,26H,16H2,1H3. The molecule has 26 heavy (non-hydrogen) atoms. The molecule has 1 aliphatic rings. The fourth-order valence-corrected chi connectivity index (χ4v) is 11.0. The minimum atomic E-state index is -1.94. The van der Waals surface area contributed by atoms with Crippen molar-refractivity contribution in [1.29, 1.82) is 0 Å². The van der Waals surface area contributed by atoms with Gasteiger partial charge in [-0.15, -0.1) is 0 Å². The van der Waals surface area contributed by atoms with Crippen molar-refractivity contribution in [2.45, 2.75) is 4.17 Å². The van der Waals surface area contributed by atoms with E-state index in [9.17, 15) is 0 Å². The summed E-state index contributed by atoms with van der Waals surface area (Å²) in [5.74, 6) is 0. The van der Waals surface area contributed by atoms with Crippen LogP contribution < -0.4 is 20.4 Å². The van der Waals surface area contributed by atoms with Gasteiger partial charge in [-0.2, -0.15) is 0 Å². The summed E-state index contributed by atoms with van der Waals surface area (Å²) in [6.45, 7) is 0. The average molecular weight is 586 g/mol. The van der Waals surface area contributed by atoms with Crippen LogP contribution >= 0.6 is 49.5 Å². The molecule has 0 fully saturated rings. The molecular formula is C21H21I2N2P. The summed E-state index contributed by atoms with van der Waals surface area (Å²) in [4.78, 5) is 3.01. The number of fused-ring (bicyclic) bond motifs is 1. The minimum absolute atomic E-state index is 0.332. The number of para-hydroxylation sites is 2. The molecule has 1 atom stereocenters. The number of benzene rings is 3. The van der Waals surface area contributed by atoms with Gasteiger partial charge in [-0.1, -0.05) is 0 Å². The van der Waals surface area contributed by atoms with Crippen LogP contribution in [0.1, 0.15) is 0 Å². The van der Waals surface area contributed by atoms with E-state index in [0.717, 1.165) is 6.29 Å². The Labute approximate surface area is 182 Å². The van der Waals surface area contributed by atoms with E-state index in [4.69, 9.17) is 0 Å². The molecule has 134 valence electrons. The van der Waals surface area contributed by atoms with E-state index in [1.807, 2.05) is 0 Å². The van der Waals surface area contributed by atoms with E-state index in [0.29, 0.717) is 4.17 Å². The van der Waals surface area contributed by atoms with Crippen molar-refractivity contribution in [3.63, 3.8) is 0 Å². The second-order valence-corrected chi connectivity index (χ2v) is 16.3. The van der Waals surface area contributed by atoms with Crippen LogP contribution in [0.15, 0.2) is 84.9 Å². The molecule has 0 saturated carbocycles. The summed E-state index contributed by atoms with van der Waals surface area (Å²) < 4.78 is 0.332. The summed E-state index contributed by atoms with van der Waals surface area (Å²) in [7, 11) is 2.19. The van der Waals surface area contributed by atoms with Gasteiger partial charge in [0, 0.05) is 0 Å². The molecule has 1 aliphatic heterocycles. The zero-order valence-corrected chi connectivity index (χ0v) is 19.8. The summed E-state index contributed by atoms with van der Waals surface area (Å²) in [6.07, 6.45) is 1.05. The second kappa shape index (κ2) is 7.64. The van der Waals surface area contributed by atoms with Crippen LogP contribution in [0.25, 0.3) is 0 Å².